The van der Waals surface area contributed by atoms with Crippen molar-refractivity contribution in [2.45, 2.75) is 31.8 Å². The minimum Gasteiger partial charge on any atom is -0.485 e. The maximum atomic E-state index is 12.1. The average molecular weight is 323 g/mol. The summed E-state index contributed by atoms with van der Waals surface area (Å²) in [7, 11) is 4.15. The molecule has 126 valence electrons. The van der Waals surface area contributed by atoms with Crippen molar-refractivity contribution in [2.75, 3.05) is 20.6 Å². The van der Waals surface area contributed by atoms with Crippen molar-refractivity contribution in [3.8, 4) is 5.75 Å². The van der Waals surface area contributed by atoms with E-state index >= 15 is 0 Å². The van der Waals surface area contributed by atoms with Crippen LogP contribution in [0, 0.1) is 0 Å². The van der Waals surface area contributed by atoms with Crippen LogP contribution in [0.2, 0.25) is 0 Å². The van der Waals surface area contributed by atoms with Gasteiger partial charge in [-0.15, -0.1) is 0 Å². The number of ether oxygens (including phenoxy) is 1. The van der Waals surface area contributed by atoms with Gasteiger partial charge in [0.05, 0.1) is 0 Å². The molecule has 0 saturated carbocycles. The van der Waals surface area contributed by atoms with Gasteiger partial charge in [-0.2, -0.15) is 0 Å². The zero-order chi connectivity index (χ0) is 16.9. The Morgan fingerprint density at radius 2 is 1.83 bits per heavy atom. The molecule has 24 heavy (non-hydrogen) atoms. The van der Waals surface area contributed by atoms with Gasteiger partial charge in [-0.05, 0) is 38.6 Å². The summed E-state index contributed by atoms with van der Waals surface area (Å²) >= 11 is 0. The van der Waals surface area contributed by atoms with Gasteiger partial charge in [0.2, 0.25) is 0 Å². The molecule has 3 nitrogen and oxygen atoms in total. The van der Waals surface area contributed by atoms with Crippen molar-refractivity contribution in [3.05, 3.63) is 65.2 Å². The minimum absolute atomic E-state index is 0.00266. The molecule has 2 aromatic carbocycles. The summed E-state index contributed by atoms with van der Waals surface area (Å²) in [6, 6.07) is 16.2. The molecule has 0 radical (unpaired) electrons. The Labute approximate surface area is 144 Å². The quantitative estimate of drug-likeness (QED) is 0.795. The van der Waals surface area contributed by atoms with Crippen LogP contribution in [0.15, 0.2) is 48.5 Å². The molecule has 0 fully saturated rings. The molecule has 0 amide bonds. The molecule has 0 N–H and O–H groups in total. The van der Waals surface area contributed by atoms with Crippen molar-refractivity contribution in [1.29, 1.82) is 0 Å². The number of hydrogen-bond donors (Lipinski definition) is 0. The Hall–Kier alpha value is -2.13. The van der Waals surface area contributed by atoms with Crippen LogP contribution < -0.4 is 4.74 Å². The Balaban J connectivity index is 1.88. The summed E-state index contributed by atoms with van der Waals surface area (Å²) in [5, 5.41) is 0. The molecule has 1 aliphatic carbocycles. The number of carbonyl (C=O) groups excluding carboxylic acids is 1. The van der Waals surface area contributed by atoms with Gasteiger partial charge in [0.1, 0.15) is 11.9 Å². The third kappa shape index (κ3) is 3.85. The third-order valence-electron chi connectivity index (χ3n) is 4.54. The van der Waals surface area contributed by atoms with Crippen LogP contribution in [0.3, 0.4) is 0 Å². The van der Waals surface area contributed by atoms with Crippen molar-refractivity contribution in [2.24, 2.45) is 0 Å². The summed E-state index contributed by atoms with van der Waals surface area (Å²) < 4.78 is 6.42. The van der Waals surface area contributed by atoms with Crippen LogP contribution in [0.4, 0.5) is 0 Å². The number of fused-ring (bicyclic) bond motifs is 1. The Bertz CT molecular complexity index is 694. The summed E-state index contributed by atoms with van der Waals surface area (Å²) in [4.78, 5) is 14.3. The monoisotopic (exact) mass is 323 g/mol. The molecule has 2 aromatic rings. The van der Waals surface area contributed by atoms with E-state index in [-0.39, 0.29) is 11.9 Å². The van der Waals surface area contributed by atoms with Gasteiger partial charge in [-0.1, -0.05) is 42.5 Å². The highest BCUT2D eigenvalue weighted by Gasteiger charge is 2.22. The smallest absolute Gasteiger partial charge is 0.163 e. The van der Waals surface area contributed by atoms with Gasteiger partial charge in [0.15, 0.2) is 5.78 Å². The van der Waals surface area contributed by atoms with Crippen LogP contribution in [-0.4, -0.2) is 31.3 Å². The van der Waals surface area contributed by atoms with Crippen LogP contribution in [-0.2, 0) is 6.42 Å². The number of nitrogens with zero attached hydrogens (tertiary/aromatic N) is 1. The van der Waals surface area contributed by atoms with Crippen molar-refractivity contribution < 1.29 is 9.53 Å². The van der Waals surface area contributed by atoms with Crippen LogP contribution >= 0.6 is 0 Å². The van der Waals surface area contributed by atoms with Crippen molar-refractivity contribution in [3.63, 3.8) is 0 Å². The van der Waals surface area contributed by atoms with Crippen LogP contribution in [0.5, 0.6) is 5.75 Å². The third-order valence-corrected chi connectivity index (χ3v) is 4.54. The lowest BCUT2D eigenvalue weighted by Crippen LogP contribution is -2.20. The molecule has 1 atom stereocenters. The fourth-order valence-electron chi connectivity index (χ4n) is 3.25. The Kier molecular flexibility index (Phi) is 5.31. The van der Waals surface area contributed by atoms with E-state index in [0.29, 0.717) is 6.42 Å². The zero-order valence-electron chi connectivity index (χ0n) is 14.5. The molecule has 0 heterocycles. The summed E-state index contributed by atoms with van der Waals surface area (Å²) in [6.45, 7) is 0.952. The van der Waals surface area contributed by atoms with E-state index in [0.717, 1.165) is 42.7 Å². The first-order valence-electron chi connectivity index (χ1n) is 8.66. The zero-order valence-corrected chi connectivity index (χ0v) is 14.5. The molecular formula is C21H25NO2. The van der Waals surface area contributed by atoms with Gasteiger partial charge >= 0.3 is 0 Å². The van der Waals surface area contributed by atoms with Gasteiger partial charge in [0, 0.05) is 30.5 Å². The van der Waals surface area contributed by atoms with Gasteiger partial charge in [0.25, 0.3) is 0 Å². The van der Waals surface area contributed by atoms with E-state index in [9.17, 15) is 4.79 Å². The Morgan fingerprint density at radius 3 is 2.58 bits per heavy atom. The van der Waals surface area contributed by atoms with Gasteiger partial charge in [-0.25, -0.2) is 0 Å². The van der Waals surface area contributed by atoms with E-state index in [1.807, 2.05) is 36.4 Å². The highest BCUT2D eigenvalue weighted by molar-refractivity contribution is 5.99. The first-order chi connectivity index (χ1) is 11.6. The number of carbonyl (C=O) groups is 1. The Morgan fingerprint density at radius 1 is 1.04 bits per heavy atom. The van der Waals surface area contributed by atoms with Crippen molar-refractivity contribution in [1.82, 2.24) is 4.90 Å². The number of rotatable bonds is 6. The fraction of sp³-hybridized carbons (Fsp3) is 0.381. The maximum Gasteiger partial charge on any atom is 0.163 e. The molecule has 3 heteroatoms. The normalized spacial score (nSPS) is 15.2. The molecule has 0 bridgehead atoms. The second kappa shape index (κ2) is 7.63. The largest absolute Gasteiger partial charge is 0.485 e. The second-order valence-corrected chi connectivity index (χ2v) is 6.67. The molecule has 1 aliphatic rings. The predicted molar refractivity (Wildman–Crippen MR) is 96.7 cm³/mol. The molecule has 0 aliphatic heterocycles. The lowest BCUT2D eigenvalue weighted by molar-refractivity contribution is 0.0970. The van der Waals surface area contributed by atoms with Gasteiger partial charge < -0.3 is 9.64 Å². The molecule has 0 spiro atoms. The maximum absolute atomic E-state index is 12.1. The topological polar surface area (TPSA) is 29.5 Å². The van der Waals surface area contributed by atoms with Crippen LogP contribution in [0.25, 0.3) is 0 Å². The molecular weight excluding hydrogens is 298 g/mol. The minimum atomic E-state index is -0.00266. The average Bonchev–Trinajstić information content (AvgIpc) is 2.60. The highest BCUT2D eigenvalue weighted by atomic mass is 16.5. The predicted octanol–water partition coefficient (Wildman–Crippen LogP) is 4.28. The first kappa shape index (κ1) is 16.7. The highest BCUT2D eigenvalue weighted by Crippen LogP contribution is 2.33. The first-order valence-corrected chi connectivity index (χ1v) is 8.66. The van der Waals surface area contributed by atoms with Gasteiger partial charge in [-0.3, -0.25) is 4.79 Å². The standard InChI is InChI=1S/C21H25NO2/c1-22(2)15-14-20(16-8-4-3-5-9-16)24-21-13-7-10-17-18(21)11-6-12-19(17)23/h3-5,7-10,13,20H,6,11-12,14-15H2,1-2H3. The SMILES string of the molecule is CN(C)CCC(Oc1cccc2c1CCCC2=O)c1ccccc1. The van der Waals surface area contributed by atoms with E-state index < -0.39 is 0 Å². The van der Waals surface area contributed by atoms with E-state index in [1.54, 1.807) is 0 Å². The second-order valence-electron chi connectivity index (χ2n) is 6.67. The number of Topliss-reactive ketones (excluding diaryl/α,β-unsaturated/α-hetero) is 1. The number of hydrogen-bond acceptors (Lipinski definition) is 3. The lowest BCUT2D eigenvalue weighted by Gasteiger charge is -2.25. The molecule has 1 unspecified atom stereocenters. The summed E-state index contributed by atoms with van der Waals surface area (Å²) in [6.07, 6.45) is 3.40. The number of benzene rings is 2. The fourth-order valence-corrected chi connectivity index (χ4v) is 3.25. The number of ketones is 1. The van der Waals surface area contributed by atoms with E-state index in [2.05, 4.69) is 31.1 Å². The van der Waals surface area contributed by atoms with Crippen molar-refractivity contribution >= 4 is 5.78 Å². The van der Waals surface area contributed by atoms with E-state index in [4.69, 9.17) is 4.74 Å². The summed E-state index contributed by atoms with van der Waals surface area (Å²) in [5.74, 6) is 1.11. The van der Waals surface area contributed by atoms with E-state index in [1.165, 1.54) is 5.56 Å². The molecule has 0 aromatic heterocycles. The summed E-state index contributed by atoms with van der Waals surface area (Å²) in [5.41, 5.74) is 3.11. The molecule has 3 rings (SSSR count). The lowest BCUT2D eigenvalue weighted by atomic mass is 9.90. The van der Waals surface area contributed by atoms with Crippen LogP contribution in [0.1, 0.15) is 46.9 Å². The molecule has 0 saturated heterocycles.